The van der Waals surface area contributed by atoms with Crippen molar-refractivity contribution in [2.24, 2.45) is 0 Å². The minimum atomic E-state index is -1.02. The molecule has 0 saturated heterocycles. The van der Waals surface area contributed by atoms with Gasteiger partial charge in [0.15, 0.2) is 0 Å². The lowest BCUT2D eigenvalue weighted by molar-refractivity contribution is -0.116. The van der Waals surface area contributed by atoms with Gasteiger partial charge in [-0.25, -0.2) is 8.78 Å². The topological polar surface area (TPSA) is 29.5 Å². The van der Waals surface area contributed by atoms with Crippen LogP contribution in [0.4, 0.5) is 8.78 Å². The molecule has 0 radical (unpaired) electrons. The van der Waals surface area contributed by atoms with Gasteiger partial charge in [-0.2, -0.15) is 0 Å². The molecule has 18 heavy (non-hydrogen) atoms. The lowest BCUT2D eigenvalue weighted by Crippen LogP contribution is -2.47. The van der Waals surface area contributed by atoms with Crippen LogP contribution in [0.1, 0.15) is 31.2 Å². The number of hydrogen-bond donors (Lipinski definition) is 1. The van der Waals surface area contributed by atoms with Crippen LogP contribution in [0.3, 0.4) is 0 Å². The predicted octanol–water partition coefficient (Wildman–Crippen LogP) is 2.83. The Morgan fingerprint density at radius 3 is 2.56 bits per heavy atom. The number of methoxy groups -OCH3 is 1. The normalized spacial score (nSPS) is 28.3. The Bertz CT molecular complexity index is 402. The van der Waals surface area contributed by atoms with Crippen molar-refractivity contribution in [2.45, 2.75) is 43.8 Å². The van der Waals surface area contributed by atoms with E-state index < -0.39 is 17.2 Å². The van der Waals surface area contributed by atoms with E-state index in [1.807, 2.05) is 0 Å². The first kappa shape index (κ1) is 13.4. The fraction of sp³-hybridized carbons (Fsp3) is 0.571. The zero-order valence-electron chi connectivity index (χ0n) is 10.5. The highest BCUT2D eigenvalue weighted by atomic mass is 19.1. The molecule has 2 atom stereocenters. The van der Waals surface area contributed by atoms with Gasteiger partial charge in [0.1, 0.15) is 11.6 Å². The highest BCUT2D eigenvalue weighted by molar-refractivity contribution is 5.20. The molecule has 1 aliphatic rings. The van der Waals surface area contributed by atoms with Crippen LogP contribution < -0.4 is 0 Å². The van der Waals surface area contributed by atoms with Gasteiger partial charge in [0, 0.05) is 19.6 Å². The number of halogens is 2. The van der Waals surface area contributed by atoms with Crippen LogP contribution in [-0.2, 0) is 11.2 Å². The van der Waals surface area contributed by atoms with Crippen molar-refractivity contribution in [2.75, 3.05) is 7.11 Å². The minimum Gasteiger partial charge on any atom is -0.387 e. The molecular weight excluding hydrogens is 238 g/mol. The second kappa shape index (κ2) is 5.33. The second-order valence-electron chi connectivity index (χ2n) is 5.03. The van der Waals surface area contributed by atoms with E-state index in [-0.39, 0.29) is 12.5 Å². The molecule has 4 heteroatoms. The zero-order chi connectivity index (χ0) is 13.2. The lowest BCUT2D eigenvalue weighted by Gasteiger charge is -2.39. The Balaban J connectivity index is 2.19. The Labute approximate surface area is 106 Å². The zero-order valence-corrected chi connectivity index (χ0v) is 10.5. The van der Waals surface area contributed by atoms with Crippen LogP contribution in [0.2, 0.25) is 0 Å². The monoisotopic (exact) mass is 256 g/mol. The molecule has 2 unspecified atom stereocenters. The Kier molecular flexibility index (Phi) is 3.97. The van der Waals surface area contributed by atoms with Crippen LogP contribution in [0.25, 0.3) is 0 Å². The van der Waals surface area contributed by atoms with Crippen LogP contribution in [0, 0.1) is 11.6 Å². The summed E-state index contributed by atoms with van der Waals surface area (Å²) in [6, 6.07) is 3.37. The van der Waals surface area contributed by atoms with Crippen LogP contribution in [0.5, 0.6) is 0 Å². The number of hydrogen-bond acceptors (Lipinski definition) is 2. The third kappa shape index (κ3) is 2.87. The van der Waals surface area contributed by atoms with Gasteiger partial charge in [0.2, 0.25) is 0 Å². The van der Waals surface area contributed by atoms with E-state index in [0.29, 0.717) is 12.0 Å². The smallest absolute Gasteiger partial charge is 0.126 e. The summed E-state index contributed by atoms with van der Waals surface area (Å²) in [5.41, 5.74) is -0.549. The SMILES string of the molecule is COC1CCCCC1(O)Cc1cc(F)cc(F)c1. The summed E-state index contributed by atoms with van der Waals surface area (Å²) in [6.45, 7) is 0. The Morgan fingerprint density at radius 1 is 1.28 bits per heavy atom. The quantitative estimate of drug-likeness (QED) is 0.901. The molecule has 0 amide bonds. The largest absolute Gasteiger partial charge is 0.387 e. The maximum Gasteiger partial charge on any atom is 0.126 e. The van der Waals surface area contributed by atoms with Gasteiger partial charge in [0.05, 0.1) is 11.7 Å². The van der Waals surface area contributed by atoms with Crippen LogP contribution >= 0.6 is 0 Å². The number of aliphatic hydroxyl groups is 1. The van der Waals surface area contributed by atoms with Crippen molar-refractivity contribution in [3.63, 3.8) is 0 Å². The Morgan fingerprint density at radius 2 is 1.94 bits per heavy atom. The van der Waals surface area contributed by atoms with Crippen molar-refractivity contribution in [3.8, 4) is 0 Å². The van der Waals surface area contributed by atoms with Gasteiger partial charge in [0.25, 0.3) is 0 Å². The Hall–Kier alpha value is -1.00. The highest BCUT2D eigenvalue weighted by Crippen LogP contribution is 2.33. The van der Waals surface area contributed by atoms with E-state index in [2.05, 4.69) is 0 Å². The fourth-order valence-electron chi connectivity index (χ4n) is 2.80. The molecule has 2 nitrogen and oxygen atoms in total. The van der Waals surface area contributed by atoms with Gasteiger partial charge in [-0.1, -0.05) is 12.8 Å². The first-order chi connectivity index (χ1) is 8.53. The molecular formula is C14H18F2O2. The first-order valence-electron chi connectivity index (χ1n) is 6.24. The molecule has 1 aromatic rings. The van der Waals surface area contributed by atoms with Gasteiger partial charge >= 0.3 is 0 Å². The summed E-state index contributed by atoms with van der Waals surface area (Å²) in [6.07, 6.45) is 3.26. The summed E-state index contributed by atoms with van der Waals surface area (Å²) < 4.78 is 31.6. The molecule has 100 valence electrons. The average molecular weight is 256 g/mol. The molecule has 0 aromatic heterocycles. The van der Waals surface area contributed by atoms with E-state index in [4.69, 9.17) is 4.74 Å². The molecule has 1 N–H and O–H groups in total. The fourth-order valence-corrected chi connectivity index (χ4v) is 2.80. The maximum atomic E-state index is 13.1. The highest BCUT2D eigenvalue weighted by Gasteiger charge is 2.39. The van der Waals surface area contributed by atoms with E-state index >= 15 is 0 Å². The van der Waals surface area contributed by atoms with Crippen LogP contribution in [0.15, 0.2) is 18.2 Å². The van der Waals surface area contributed by atoms with E-state index in [9.17, 15) is 13.9 Å². The molecule has 0 bridgehead atoms. The second-order valence-corrected chi connectivity index (χ2v) is 5.03. The number of rotatable bonds is 3. The van der Waals surface area contributed by atoms with Crippen molar-refractivity contribution in [1.82, 2.24) is 0 Å². The van der Waals surface area contributed by atoms with Gasteiger partial charge in [-0.3, -0.25) is 0 Å². The van der Waals surface area contributed by atoms with Gasteiger partial charge in [-0.05, 0) is 30.5 Å². The summed E-state index contributed by atoms with van der Waals surface area (Å²) in [5.74, 6) is -1.23. The molecule has 1 fully saturated rings. The third-order valence-corrected chi connectivity index (χ3v) is 3.64. The van der Waals surface area contributed by atoms with E-state index in [1.165, 1.54) is 12.1 Å². The summed E-state index contributed by atoms with van der Waals surface area (Å²) in [5, 5.41) is 10.6. The average Bonchev–Trinajstić information content (AvgIpc) is 2.27. The van der Waals surface area contributed by atoms with Crippen molar-refractivity contribution >= 4 is 0 Å². The van der Waals surface area contributed by atoms with E-state index in [1.54, 1.807) is 7.11 Å². The minimum absolute atomic E-state index is 0.222. The standard InChI is InChI=1S/C14H18F2O2/c1-18-13-4-2-3-5-14(13,17)9-10-6-11(15)8-12(16)7-10/h6-8,13,17H,2-5,9H2,1H3. The number of ether oxygens (including phenoxy) is 1. The first-order valence-corrected chi connectivity index (χ1v) is 6.24. The summed E-state index contributed by atoms with van der Waals surface area (Å²) in [7, 11) is 1.56. The van der Waals surface area contributed by atoms with Crippen LogP contribution in [-0.4, -0.2) is 23.9 Å². The molecule has 0 aliphatic heterocycles. The molecule has 0 heterocycles. The molecule has 1 aliphatic carbocycles. The van der Waals surface area contributed by atoms with Gasteiger partial charge < -0.3 is 9.84 Å². The summed E-state index contributed by atoms with van der Waals surface area (Å²) >= 11 is 0. The predicted molar refractivity (Wildman–Crippen MR) is 64.3 cm³/mol. The number of benzene rings is 1. The van der Waals surface area contributed by atoms with Gasteiger partial charge in [-0.15, -0.1) is 0 Å². The maximum absolute atomic E-state index is 13.1. The summed E-state index contributed by atoms with van der Waals surface area (Å²) in [4.78, 5) is 0. The van der Waals surface area contributed by atoms with E-state index in [0.717, 1.165) is 25.3 Å². The molecule has 1 saturated carbocycles. The molecule has 2 rings (SSSR count). The molecule has 0 spiro atoms. The lowest BCUT2D eigenvalue weighted by atomic mass is 9.78. The van der Waals surface area contributed by atoms with Crippen molar-refractivity contribution < 1.29 is 18.6 Å². The van der Waals surface area contributed by atoms with Crippen molar-refractivity contribution in [1.29, 1.82) is 0 Å². The molecule has 1 aromatic carbocycles. The van der Waals surface area contributed by atoms with Crippen molar-refractivity contribution in [3.05, 3.63) is 35.4 Å². The third-order valence-electron chi connectivity index (χ3n) is 3.64.